The van der Waals surface area contributed by atoms with E-state index in [1.165, 1.54) is 26.2 Å². The highest BCUT2D eigenvalue weighted by Gasteiger charge is 2.19. The zero-order chi connectivity index (χ0) is 13.3. The van der Waals surface area contributed by atoms with E-state index in [9.17, 15) is 0 Å². The third-order valence-electron chi connectivity index (χ3n) is 3.05. The van der Waals surface area contributed by atoms with Crippen molar-refractivity contribution in [2.75, 3.05) is 40.4 Å². The lowest BCUT2D eigenvalue weighted by molar-refractivity contribution is 0.0887. The number of hydrogen-bond acceptors (Lipinski definition) is 4. The Morgan fingerprint density at radius 1 is 0.765 bits per heavy atom. The summed E-state index contributed by atoms with van der Waals surface area (Å²) >= 11 is 0. The van der Waals surface area contributed by atoms with Crippen LogP contribution in [0.2, 0.25) is 0 Å². The SMILES string of the molecule is CC(C)N1CCN(C(C)C)CC1.CO[SiH2]OC. The van der Waals surface area contributed by atoms with E-state index in [1.807, 2.05) is 0 Å². The van der Waals surface area contributed by atoms with Gasteiger partial charge in [0.05, 0.1) is 0 Å². The fraction of sp³-hybridized carbons (Fsp3) is 1.00. The second-order valence-corrected chi connectivity index (χ2v) is 6.35. The fourth-order valence-corrected chi connectivity index (χ4v) is 2.12. The highest BCUT2D eigenvalue weighted by molar-refractivity contribution is 6.17. The summed E-state index contributed by atoms with van der Waals surface area (Å²) in [6.07, 6.45) is 0. The molecule has 1 heterocycles. The molecule has 1 rings (SSSR count). The van der Waals surface area contributed by atoms with Crippen LogP contribution in [0.1, 0.15) is 27.7 Å². The molecule has 17 heavy (non-hydrogen) atoms. The Bertz CT molecular complexity index is 154. The standard InChI is InChI=1S/C10H22N2.C2H8O2Si/c1-9(2)11-5-7-12(8-6-11)10(3)4;1-3-5-4-2/h9-10H,5-8H2,1-4H3;5H2,1-2H3. The summed E-state index contributed by atoms with van der Waals surface area (Å²) in [6.45, 7) is 14.1. The molecule has 1 aliphatic rings. The van der Waals surface area contributed by atoms with E-state index in [4.69, 9.17) is 0 Å². The van der Waals surface area contributed by atoms with E-state index < -0.39 is 10.0 Å². The van der Waals surface area contributed by atoms with Crippen LogP contribution in [0.4, 0.5) is 0 Å². The molecule has 0 N–H and O–H groups in total. The molecule has 0 saturated carbocycles. The predicted octanol–water partition coefficient (Wildman–Crippen LogP) is 0.699. The van der Waals surface area contributed by atoms with E-state index in [2.05, 4.69) is 46.3 Å². The van der Waals surface area contributed by atoms with Crippen LogP contribution < -0.4 is 0 Å². The van der Waals surface area contributed by atoms with Crippen molar-refractivity contribution in [3.63, 3.8) is 0 Å². The third-order valence-corrected chi connectivity index (χ3v) is 3.52. The minimum Gasteiger partial charge on any atom is -0.402 e. The molecule has 0 amide bonds. The summed E-state index contributed by atoms with van der Waals surface area (Å²) in [5, 5.41) is 0. The summed E-state index contributed by atoms with van der Waals surface area (Å²) in [4.78, 5) is 5.11. The van der Waals surface area contributed by atoms with Crippen molar-refractivity contribution in [1.29, 1.82) is 0 Å². The first kappa shape index (κ1) is 17.1. The first-order valence-corrected chi connectivity index (χ1v) is 7.64. The smallest absolute Gasteiger partial charge is 0.303 e. The minimum absolute atomic E-state index is 0.568. The molecule has 0 atom stereocenters. The molecular weight excluding hydrogens is 232 g/mol. The quantitative estimate of drug-likeness (QED) is 0.696. The van der Waals surface area contributed by atoms with Gasteiger partial charge in [0.15, 0.2) is 0 Å². The third kappa shape index (κ3) is 7.89. The molecule has 4 nitrogen and oxygen atoms in total. The molecular formula is C12H30N2O2Si. The summed E-state index contributed by atoms with van der Waals surface area (Å²) < 4.78 is 9.22. The van der Waals surface area contributed by atoms with Gasteiger partial charge < -0.3 is 8.85 Å². The number of hydrogen-bond donors (Lipinski definition) is 0. The van der Waals surface area contributed by atoms with Gasteiger partial charge in [-0.15, -0.1) is 0 Å². The first-order chi connectivity index (χ1) is 8.02. The number of nitrogens with zero attached hydrogens (tertiary/aromatic N) is 2. The van der Waals surface area contributed by atoms with Crippen LogP contribution in [0.5, 0.6) is 0 Å². The average molecular weight is 262 g/mol. The van der Waals surface area contributed by atoms with E-state index in [0.29, 0.717) is 0 Å². The van der Waals surface area contributed by atoms with Crippen molar-refractivity contribution in [1.82, 2.24) is 9.80 Å². The molecule has 0 spiro atoms. The van der Waals surface area contributed by atoms with Gasteiger partial charge in [-0.2, -0.15) is 0 Å². The van der Waals surface area contributed by atoms with Crippen LogP contribution in [0.25, 0.3) is 0 Å². The fourth-order valence-electron chi connectivity index (χ4n) is 1.89. The summed E-state index contributed by atoms with van der Waals surface area (Å²) in [6, 6.07) is 1.44. The normalized spacial score (nSPS) is 18.4. The second kappa shape index (κ2) is 10.0. The summed E-state index contributed by atoms with van der Waals surface area (Å²) in [5.74, 6) is 0. The van der Waals surface area contributed by atoms with E-state index in [0.717, 1.165) is 12.1 Å². The van der Waals surface area contributed by atoms with Crippen LogP contribution in [0, 0.1) is 0 Å². The molecule has 0 aromatic heterocycles. The maximum absolute atomic E-state index is 4.61. The van der Waals surface area contributed by atoms with E-state index >= 15 is 0 Å². The van der Waals surface area contributed by atoms with Gasteiger partial charge in [-0.25, -0.2) is 0 Å². The highest BCUT2D eigenvalue weighted by Crippen LogP contribution is 2.07. The second-order valence-electron chi connectivity index (χ2n) is 4.95. The molecule has 1 saturated heterocycles. The van der Waals surface area contributed by atoms with Crippen LogP contribution in [-0.4, -0.2) is 72.3 Å². The molecule has 0 unspecified atom stereocenters. The van der Waals surface area contributed by atoms with Crippen LogP contribution in [0.15, 0.2) is 0 Å². The molecule has 1 fully saturated rings. The predicted molar refractivity (Wildman–Crippen MR) is 76.0 cm³/mol. The highest BCUT2D eigenvalue weighted by atomic mass is 28.3. The number of piperazine rings is 1. The Morgan fingerprint density at radius 3 is 1.18 bits per heavy atom. The van der Waals surface area contributed by atoms with Gasteiger partial charge in [0.1, 0.15) is 0 Å². The summed E-state index contributed by atoms with van der Waals surface area (Å²) in [5.41, 5.74) is 0. The van der Waals surface area contributed by atoms with E-state index in [-0.39, 0.29) is 0 Å². The Morgan fingerprint density at radius 2 is 1.06 bits per heavy atom. The first-order valence-electron chi connectivity index (χ1n) is 6.48. The zero-order valence-corrected chi connectivity index (χ0v) is 13.8. The lowest BCUT2D eigenvalue weighted by atomic mass is 10.2. The van der Waals surface area contributed by atoms with Gasteiger partial charge in [-0.3, -0.25) is 9.80 Å². The molecule has 1 aliphatic heterocycles. The van der Waals surface area contributed by atoms with Gasteiger partial charge >= 0.3 is 10.0 Å². The van der Waals surface area contributed by atoms with Gasteiger partial charge in [0.2, 0.25) is 0 Å². The molecule has 0 aromatic carbocycles. The van der Waals surface area contributed by atoms with Gasteiger partial charge in [0.25, 0.3) is 0 Å². The minimum atomic E-state index is -0.568. The molecule has 0 radical (unpaired) electrons. The molecule has 0 bridgehead atoms. The maximum Gasteiger partial charge on any atom is 0.303 e. The van der Waals surface area contributed by atoms with Crippen molar-refractivity contribution < 1.29 is 8.85 Å². The van der Waals surface area contributed by atoms with Gasteiger partial charge in [-0.1, -0.05) is 0 Å². The lowest BCUT2D eigenvalue weighted by Gasteiger charge is -2.38. The largest absolute Gasteiger partial charge is 0.402 e. The number of rotatable bonds is 4. The van der Waals surface area contributed by atoms with Crippen molar-refractivity contribution >= 4 is 10.0 Å². The average Bonchev–Trinajstić information content (AvgIpc) is 2.31. The van der Waals surface area contributed by atoms with E-state index in [1.54, 1.807) is 14.2 Å². The Kier molecular flexibility index (Phi) is 10.1. The Labute approximate surface area is 109 Å². The van der Waals surface area contributed by atoms with Crippen molar-refractivity contribution in [3.8, 4) is 0 Å². The van der Waals surface area contributed by atoms with Crippen molar-refractivity contribution in [3.05, 3.63) is 0 Å². The molecule has 5 heteroatoms. The molecule has 104 valence electrons. The Hall–Kier alpha value is 0.0569. The topological polar surface area (TPSA) is 24.9 Å². The van der Waals surface area contributed by atoms with Gasteiger partial charge in [0, 0.05) is 52.5 Å². The van der Waals surface area contributed by atoms with Crippen molar-refractivity contribution in [2.45, 2.75) is 39.8 Å². The maximum atomic E-state index is 4.61. The molecule has 0 aliphatic carbocycles. The van der Waals surface area contributed by atoms with Crippen LogP contribution in [0.3, 0.4) is 0 Å². The zero-order valence-electron chi connectivity index (χ0n) is 12.4. The van der Waals surface area contributed by atoms with Crippen LogP contribution >= 0.6 is 0 Å². The Balaban J connectivity index is 0.000000437. The van der Waals surface area contributed by atoms with Crippen LogP contribution in [-0.2, 0) is 8.85 Å². The van der Waals surface area contributed by atoms with Gasteiger partial charge in [-0.05, 0) is 27.7 Å². The van der Waals surface area contributed by atoms with Crippen molar-refractivity contribution in [2.24, 2.45) is 0 Å². The summed E-state index contributed by atoms with van der Waals surface area (Å²) in [7, 11) is 2.73. The molecule has 0 aromatic rings. The lowest BCUT2D eigenvalue weighted by Crippen LogP contribution is -2.50. The monoisotopic (exact) mass is 262 g/mol.